The van der Waals surface area contributed by atoms with Crippen LogP contribution in [0, 0.1) is 0 Å². The maximum Gasteiger partial charge on any atom is 0.341 e. The maximum atomic E-state index is 11.5. The number of H-pyrrole nitrogens is 1. The second-order valence-corrected chi connectivity index (χ2v) is 3.51. The summed E-state index contributed by atoms with van der Waals surface area (Å²) in [6.07, 6.45) is 0. The number of aromatic amines is 1. The Balaban J connectivity index is 2.63. The van der Waals surface area contributed by atoms with Crippen molar-refractivity contribution in [2.45, 2.75) is 0 Å². The summed E-state index contributed by atoms with van der Waals surface area (Å²) in [4.78, 5) is 24.7. The van der Waals surface area contributed by atoms with Crippen LogP contribution in [0.3, 0.4) is 0 Å². The number of carboxylic acids is 1. The third kappa shape index (κ3) is 2.03. The van der Waals surface area contributed by atoms with Gasteiger partial charge in [0.2, 0.25) is 0 Å². The van der Waals surface area contributed by atoms with E-state index >= 15 is 0 Å². The number of hydrogen-bond donors (Lipinski definition) is 3. The van der Waals surface area contributed by atoms with Gasteiger partial charge in [0.1, 0.15) is 5.56 Å². The minimum atomic E-state index is -1.29. The molecule has 5 heteroatoms. The molecule has 0 saturated carbocycles. The Bertz CT molecular complexity index is 617. The summed E-state index contributed by atoms with van der Waals surface area (Å²) in [5.74, 6) is -1.29. The molecular weight excluding hydrogens is 220 g/mol. The summed E-state index contributed by atoms with van der Waals surface area (Å²) in [6, 6.07) is 10.2. The summed E-state index contributed by atoms with van der Waals surface area (Å²) in [6.45, 7) is 0. The number of rotatable bonds is 2. The first kappa shape index (κ1) is 10.9. The van der Waals surface area contributed by atoms with Crippen molar-refractivity contribution in [1.29, 1.82) is 0 Å². The molecule has 0 unspecified atom stereocenters. The molecule has 0 amide bonds. The van der Waals surface area contributed by atoms with Gasteiger partial charge >= 0.3 is 5.97 Å². The highest BCUT2D eigenvalue weighted by Crippen LogP contribution is 2.22. The summed E-state index contributed by atoms with van der Waals surface area (Å²) >= 11 is 0. The number of nitrogens with two attached hydrogens (primary N) is 1. The van der Waals surface area contributed by atoms with Gasteiger partial charge in [-0.2, -0.15) is 0 Å². The number of aromatic carboxylic acids is 1. The van der Waals surface area contributed by atoms with Gasteiger partial charge in [-0.05, 0) is 6.07 Å². The molecular formula is C12H10N2O3. The molecule has 0 atom stereocenters. The molecule has 0 aliphatic rings. The van der Waals surface area contributed by atoms with Crippen LogP contribution in [0.4, 0.5) is 5.69 Å². The zero-order chi connectivity index (χ0) is 12.4. The second-order valence-electron chi connectivity index (χ2n) is 3.51. The van der Waals surface area contributed by atoms with Crippen molar-refractivity contribution in [1.82, 2.24) is 4.98 Å². The van der Waals surface area contributed by atoms with E-state index in [-0.39, 0.29) is 11.3 Å². The van der Waals surface area contributed by atoms with Gasteiger partial charge in [0, 0.05) is 5.56 Å². The Labute approximate surface area is 96.5 Å². The van der Waals surface area contributed by atoms with E-state index in [1.807, 2.05) is 6.07 Å². The van der Waals surface area contributed by atoms with Crippen LogP contribution in [0.2, 0.25) is 0 Å². The number of carbonyl (C=O) groups is 1. The monoisotopic (exact) mass is 230 g/mol. The molecule has 86 valence electrons. The first-order valence-corrected chi connectivity index (χ1v) is 4.91. The van der Waals surface area contributed by atoms with Gasteiger partial charge in [-0.25, -0.2) is 4.79 Å². The predicted octanol–water partition coefficient (Wildman–Crippen LogP) is 1.32. The van der Waals surface area contributed by atoms with Gasteiger partial charge < -0.3 is 15.8 Å². The third-order valence-electron chi connectivity index (χ3n) is 2.36. The predicted molar refractivity (Wildman–Crippen MR) is 63.9 cm³/mol. The van der Waals surface area contributed by atoms with Crippen LogP contribution < -0.4 is 11.3 Å². The molecule has 0 saturated heterocycles. The fourth-order valence-electron chi connectivity index (χ4n) is 1.55. The van der Waals surface area contributed by atoms with Crippen LogP contribution in [0.25, 0.3) is 11.3 Å². The Morgan fingerprint density at radius 1 is 1.24 bits per heavy atom. The standard InChI is InChI=1S/C12H10N2O3/c13-9-6-8(12(16)17)11(15)14-10(9)7-4-2-1-3-5-7/h1-6H,13H2,(H,14,15)(H,16,17). The van der Waals surface area contributed by atoms with E-state index in [4.69, 9.17) is 10.8 Å². The number of pyridine rings is 1. The molecule has 2 aromatic rings. The van der Waals surface area contributed by atoms with E-state index in [0.717, 1.165) is 5.56 Å². The Morgan fingerprint density at radius 2 is 1.88 bits per heavy atom. The average molecular weight is 230 g/mol. The van der Waals surface area contributed by atoms with Crippen molar-refractivity contribution >= 4 is 11.7 Å². The average Bonchev–Trinajstić information content (AvgIpc) is 2.32. The molecule has 0 bridgehead atoms. The van der Waals surface area contributed by atoms with Crippen LogP contribution in [-0.2, 0) is 0 Å². The normalized spacial score (nSPS) is 10.1. The largest absolute Gasteiger partial charge is 0.477 e. The molecule has 5 nitrogen and oxygen atoms in total. The van der Waals surface area contributed by atoms with Gasteiger partial charge in [-0.3, -0.25) is 4.79 Å². The number of nitrogens with one attached hydrogen (secondary N) is 1. The molecule has 0 radical (unpaired) electrons. The van der Waals surface area contributed by atoms with E-state index in [1.54, 1.807) is 24.3 Å². The lowest BCUT2D eigenvalue weighted by Gasteiger charge is -2.06. The van der Waals surface area contributed by atoms with Crippen LogP contribution in [0.15, 0.2) is 41.2 Å². The third-order valence-corrected chi connectivity index (χ3v) is 2.36. The van der Waals surface area contributed by atoms with Crippen molar-refractivity contribution < 1.29 is 9.90 Å². The number of carboxylic acid groups (broad SMARTS) is 1. The zero-order valence-corrected chi connectivity index (χ0v) is 8.81. The number of hydrogen-bond acceptors (Lipinski definition) is 3. The number of nitrogen functional groups attached to an aromatic ring is 1. The van der Waals surface area contributed by atoms with E-state index in [2.05, 4.69) is 4.98 Å². The highest BCUT2D eigenvalue weighted by atomic mass is 16.4. The highest BCUT2D eigenvalue weighted by Gasteiger charge is 2.12. The summed E-state index contributed by atoms with van der Waals surface area (Å²) in [5.41, 5.74) is 6.10. The second kappa shape index (κ2) is 4.13. The molecule has 0 aliphatic heterocycles. The lowest BCUT2D eigenvalue weighted by atomic mass is 10.1. The van der Waals surface area contributed by atoms with Crippen molar-refractivity contribution in [2.75, 3.05) is 5.73 Å². The summed E-state index contributed by atoms with van der Waals surface area (Å²) in [7, 11) is 0. The molecule has 0 spiro atoms. The molecule has 17 heavy (non-hydrogen) atoms. The molecule has 1 aromatic carbocycles. The SMILES string of the molecule is Nc1cc(C(=O)O)c(=O)[nH]c1-c1ccccc1. The molecule has 1 heterocycles. The van der Waals surface area contributed by atoms with Gasteiger partial charge in [0.15, 0.2) is 0 Å². The van der Waals surface area contributed by atoms with Crippen LogP contribution in [0.1, 0.15) is 10.4 Å². The Kier molecular flexibility index (Phi) is 2.66. The quantitative estimate of drug-likeness (QED) is 0.724. The minimum Gasteiger partial charge on any atom is -0.477 e. The Morgan fingerprint density at radius 3 is 2.47 bits per heavy atom. The molecule has 2 rings (SSSR count). The van der Waals surface area contributed by atoms with Crippen LogP contribution >= 0.6 is 0 Å². The van der Waals surface area contributed by atoms with Gasteiger partial charge in [0.25, 0.3) is 5.56 Å². The van der Waals surface area contributed by atoms with Gasteiger partial charge in [-0.1, -0.05) is 30.3 Å². The van der Waals surface area contributed by atoms with Crippen LogP contribution in [0.5, 0.6) is 0 Å². The lowest BCUT2D eigenvalue weighted by Crippen LogP contribution is -2.19. The van der Waals surface area contributed by atoms with E-state index in [9.17, 15) is 9.59 Å². The van der Waals surface area contributed by atoms with Crippen molar-refractivity contribution in [2.24, 2.45) is 0 Å². The molecule has 0 fully saturated rings. The van der Waals surface area contributed by atoms with E-state index in [1.165, 1.54) is 6.07 Å². The number of benzene rings is 1. The smallest absolute Gasteiger partial charge is 0.341 e. The summed E-state index contributed by atoms with van der Waals surface area (Å²) < 4.78 is 0. The van der Waals surface area contributed by atoms with Gasteiger partial charge in [-0.15, -0.1) is 0 Å². The van der Waals surface area contributed by atoms with Crippen molar-refractivity contribution in [3.63, 3.8) is 0 Å². The van der Waals surface area contributed by atoms with Crippen molar-refractivity contribution in [3.05, 3.63) is 52.3 Å². The first-order valence-electron chi connectivity index (χ1n) is 4.91. The van der Waals surface area contributed by atoms with Crippen LogP contribution in [-0.4, -0.2) is 16.1 Å². The number of aromatic nitrogens is 1. The molecule has 1 aromatic heterocycles. The lowest BCUT2D eigenvalue weighted by molar-refractivity contribution is 0.0695. The fourth-order valence-corrected chi connectivity index (χ4v) is 1.55. The Hall–Kier alpha value is -2.56. The number of anilines is 1. The topological polar surface area (TPSA) is 96.2 Å². The van der Waals surface area contributed by atoms with Gasteiger partial charge in [0.05, 0.1) is 11.4 Å². The maximum absolute atomic E-state index is 11.5. The summed E-state index contributed by atoms with van der Waals surface area (Å²) in [5, 5.41) is 8.78. The zero-order valence-electron chi connectivity index (χ0n) is 8.81. The van der Waals surface area contributed by atoms with Crippen molar-refractivity contribution in [3.8, 4) is 11.3 Å². The van der Waals surface area contributed by atoms with E-state index < -0.39 is 11.5 Å². The molecule has 0 aliphatic carbocycles. The minimum absolute atomic E-state index is 0.230. The fraction of sp³-hybridized carbons (Fsp3) is 0. The first-order chi connectivity index (χ1) is 8.09. The highest BCUT2D eigenvalue weighted by molar-refractivity contribution is 5.89. The molecule has 4 N–H and O–H groups in total. The van der Waals surface area contributed by atoms with E-state index in [0.29, 0.717) is 5.69 Å².